The van der Waals surface area contributed by atoms with Crippen molar-refractivity contribution in [1.29, 1.82) is 0 Å². The number of nitrogens with zero attached hydrogens (tertiary/aromatic N) is 4. The van der Waals surface area contributed by atoms with Gasteiger partial charge in [0.05, 0.1) is 17.9 Å². The van der Waals surface area contributed by atoms with Gasteiger partial charge in [-0.3, -0.25) is 4.79 Å². The number of Topliss-reactive ketones (excluding diaryl/α,β-unsaturated/α-hetero) is 1. The number of benzene rings is 1. The lowest BCUT2D eigenvalue weighted by Gasteiger charge is -2.11. The highest BCUT2D eigenvalue weighted by Crippen LogP contribution is 2.19. The molecule has 0 unspecified atom stereocenters. The van der Waals surface area contributed by atoms with Crippen LogP contribution in [0, 0.1) is 0 Å². The van der Waals surface area contributed by atoms with E-state index in [1.54, 1.807) is 28.8 Å². The molecule has 0 spiro atoms. The van der Waals surface area contributed by atoms with E-state index < -0.39 is 0 Å². The quantitative estimate of drug-likeness (QED) is 0.573. The van der Waals surface area contributed by atoms with Crippen molar-refractivity contribution < 1.29 is 9.53 Å². The SMILES string of the molecule is CC(=O)c1ccccc1OCCSCc1nc(N)nc(N(C)C)n1. The third-order valence-electron chi connectivity index (χ3n) is 3.07. The van der Waals surface area contributed by atoms with Crippen molar-refractivity contribution in [3.63, 3.8) is 0 Å². The standard InChI is InChI=1S/C16H21N5O2S/c1-11(22)12-6-4-5-7-13(12)23-8-9-24-10-14-18-15(17)20-16(19-14)21(2)3/h4-7H,8-10H2,1-3H3,(H2,17,18,19,20). The first kappa shape index (κ1) is 18.0. The first-order valence-corrected chi connectivity index (χ1v) is 8.61. The number of nitrogen functional groups attached to an aromatic ring is 1. The number of ether oxygens (including phenoxy) is 1. The van der Waals surface area contributed by atoms with Crippen molar-refractivity contribution in [3.8, 4) is 5.75 Å². The Bertz CT molecular complexity index is 709. The van der Waals surface area contributed by atoms with Gasteiger partial charge in [0.25, 0.3) is 0 Å². The van der Waals surface area contributed by atoms with Crippen molar-refractivity contribution in [2.24, 2.45) is 0 Å². The molecule has 0 radical (unpaired) electrons. The van der Waals surface area contributed by atoms with Gasteiger partial charge in [0.2, 0.25) is 11.9 Å². The minimum absolute atomic E-state index is 0.00451. The third-order valence-corrected chi connectivity index (χ3v) is 3.99. The van der Waals surface area contributed by atoms with E-state index in [1.165, 1.54) is 6.92 Å². The van der Waals surface area contributed by atoms with Crippen molar-refractivity contribution in [3.05, 3.63) is 35.7 Å². The molecule has 2 rings (SSSR count). The van der Waals surface area contributed by atoms with E-state index in [-0.39, 0.29) is 11.7 Å². The Morgan fingerprint density at radius 1 is 1.25 bits per heavy atom. The molecule has 2 N–H and O–H groups in total. The molecule has 24 heavy (non-hydrogen) atoms. The zero-order chi connectivity index (χ0) is 17.5. The van der Waals surface area contributed by atoms with E-state index in [1.807, 2.05) is 26.2 Å². The highest BCUT2D eigenvalue weighted by atomic mass is 32.2. The summed E-state index contributed by atoms with van der Waals surface area (Å²) < 4.78 is 5.69. The summed E-state index contributed by atoms with van der Waals surface area (Å²) >= 11 is 1.63. The summed E-state index contributed by atoms with van der Waals surface area (Å²) in [6.45, 7) is 2.03. The largest absolute Gasteiger partial charge is 0.492 e. The number of nitrogens with two attached hydrogens (primary N) is 1. The van der Waals surface area contributed by atoms with Gasteiger partial charge < -0.3 is 15.4 Å². The van der Waals surface area contributed by atoms with Crippen LogP contribution < -0.4 is 15.4 Å². The third kappa shape index (κ3) is 5.09. The number of anilines is 2. The Balaban J connectivity index is 1.83. The second-order valence-electron chi connectivity index (χ2n) is 5.26. The van der Waals surface area contributed by atoms with E-state index in [0.717, 1.165) is 5.75 Å². The maximum atomic E-state index is 11.5. The fourth-order valence-corrected chi connectivity index (χ4v) is 2.60. The lowest BCUT2D eigenvalue weighted by Crippen LogP contribution is -2.16. The number of hydrogen-bond acceptors (Lipinski definition) is 8. The smallest absolute Gasteiger partial charge is 0.229 e. The Kier molecular flexibility index (Phi) is 6.36. The Morgan fingerprint density at radius 3 is 2.71 bits per heavy atom. The van der Waals surface area contributed by atoms with E-state index in [0.29, 0.717) is 35.4 Å². The fraction of sp³-hybridized carbons (Fsp3) is 0.375. The summed E-state index contributed by atoms with van der Waals surface area (Å²) in [5.74, 6) is 3.38. The van der Waals surface area contributed by atoms with Gasteiger partial charge in [0.1, 0.15) is 11.6 Å². The Hall–Kier alpha value is -2.35. The van der Waals surface area contributed by atoms with Crippen LogP contribution in [0.4, 0.5) is 11.9 Å². The molecule has 0 aliphatic rings. The lowest BCUT2D eigenvalue weighted by atomic mass is 10.1. The maximum absolute atomic E-state index is 11.5. The molecule has 128 valence electrons. The maximum Gasteiger partial charge on any atom is 0.229 e. The van der Waals surface area contributed by atoms with E-state index >= 15 is 0 Å². The summed E-state index contributed by atoms with van der Waals surface area (Å²) in [5.41, 5.74) is 6.29. The molecule has 8 heteroatoms. The highest BCUT2D eigenvalue weighted by Gasteiger charge is 2.08. The van der Waals surface area contributed by atoms with E-state index in [2.05, 4.69) is 15.0 Å². The molecule has 0 aliphatic carbocycles. The molecule has 2 aromatic rings. The van der Waals surface area contributed by atoms with Gasteiger partial charge in [-0.15, -0.1) is 0 Å². The van der Waals surface area contributed by atoms with Gasteiger partial charge in [-0.05, 0) is 19.1 Å². The molecule has 0 saturated carbocycles. The number of thioether (sulfide) groups is 1. The molecule has 0 fully saturated rings. The van der Waals surface area contributed by atoms with Crippen LogP contribution in [0.5, 0.6) is 5.75 Å². The van der Waals surface area contributed by atoms with Crippen molar-refractivity contribution >= 4 is 29.4 Å². The summed E-state index contributed by atoms with van der Waals surface area (Å²) in [6.07, 6.45) is 0. The van der Waals surface area contributed by atoms with Crippen LogP contribution in [0.25, 0.3) is 0 Å². The predicted molar refractivity (Wildman–Crippen MR) is 96.7 cm³/mol. The Morgan fingerprint density at radius 2 is 2.00 bits per heavy atom. The second kappa shape index (κ2) is 8.49. The van der Waals surface area contributed by atoms with Gasteiger partial charge in [0, 0.05) is 19.8 Å². The summed E-state index contributed by atoms with van der Waals surface area (Å²) in [4.78, 5) is 25.9. The highest BCUT2D eigenvalue weighted by molar-refractivity contribution is 7.98. The van der Waals surface area contributed by atoms with Gasteiger partial charge in [0.15, 0.2) is 5.78 Å². The molecule has 1 aromatic carbocycles. The average Bonchev–Trinajstić information content (AvgIpc) is 2.54. The molecule has 0 amide bonds. The molecule has 7 nitrogen and oxygen atoms in total. The molecule has 0 bridgehead atoms. The van der Waals surface area contributed by atoms with Crippen LogP contribution >= 0.6 is 11.8 Å². The minimum Gasteiger partial charge on any atom is -0.492 e. The van der Waals surface area contributed by atoms with E-state index in [4.69, 9.17) is 10.5 Å². The molecule has 1 heterocycles. The molecule has 0 atom stereocenters. The number of aromatic nitrogens is 3. The van der Waals surface area contributed by atoms with E-state index in [9.17, 15) is 4.79 Å². The number of para-hydroxylation sites is 1. The average molecular weight is 347 g/mol. The second-order valence-corrected chi connectivity index (χ2v) is 6.36. The first-order valence-electron chi connectivity index (χ1n) is 7.45. The summed E-state index contributed by atoms with van der Waals surface area (Å²) in [6, 6.07) is 7.25. The monoisotopic (exact) mass is 347 g/mol. The van der Waals surface area contributed by atoms with Gasteiger partial charge in [-0.25, -0.2) is 0 Å². The molecular weight excluding hydrogens is 326 g/mol. The number of hydrogen-bond donors (Lipinski definition) is 1. The van der Waals surface area contributed by atoms with Crippen molar-refractivity contribution in [2.75, 3.05) is 37.1 Å². The van der Waals surface area contributed by atoms with Gasteiger partial charge in [-0.1, -0.05) is 12.1 Å². The fourth-order valence-electron chi connectivity index (χ4n) is 1.95. The lowest BCUT2D eigenvalue weighted by molar-refractivity contribution is 0.101. The predicted octanol–water partition coefficient (Wildman–Crippen LogP) is 2.03. The Labute approximate surface area is 145 Å². The number of carbonyl (C=O) groups excluding carboxylic acids is 1. The van der Waals surface area contributed by atoms with Crippen molar-refractivity contribution in [2.45, 2.75) is 12.7 Å². The topological polar surface area (TPSA) is 94.2 Å². The van der Waals surface area contributed by atoms with Crippen LogP contribution in [-0.2, 0) is 5.75 Å². The summed E-state index contributed by atoms with van der Waals surface area (Å²) in [5, 5.41) is 0. The molecule has 0 aliphatic heterocycles. The molecule has 0 saturated heterocycles. The number of ketones is 1. The van der Waals surface area contributed by atoms with Crippen LogP contribution in [0.15, 0.2) is 24.3 Å². The van der Waals surface area contributed by atoms with Crippen LogP contribution in [-0.4, -0.2) is 47.2 Å². The summed E-state index contributed by atoms with van der Waals surface area (Å²) in [7, 11) is 3.71. The van der Waals surface area contributed by atoms with Crippen LogP contribution in [0.2, 0.25) is 0 Å². The van der Waals surface area contributed by atoms with Crippen LogP contribution in [0.3, 0.4) is 0 Å². The number of carbonyl (C=O) groups is 1. The number of rotatable bonds is 8. The normalized spacial score (nSPS) is 10.5. The first-order chi connectivity index (χ1) is 11.5. The van der Waals surface area contributed by atoms with Crippen molar-refractivity contribution in [1.82, 2.24) is 15.0 Å². The molecule has 1 aromatic heterocycles. The minimum atomic E-state index is -0.00451. The zero-order valence-electron chi connectivity index (χ0n) is 14.0. The van der Waals surface area contributed by atoms with Gasteiger partial charge in [-0.2, -0.15) is 26.7 Å². The van der Waals surface area contributed by atoms with Gasteiger partial charge >= 0.3 is 0 Å². The zero-order valence-corrected chi connectivity index (χ0v) is 14.8. The van der Waals surface area contributed by atoms with Crippen LogP contribution in [0.1, 0.15) is 23.1 Å². The molecular formula is C16H21N5O2S.